The number of allylic oxidation sites excluding steroid dienone is 4. The minimum absolute atomic E-state index is 0.0758. The standard InChI is InChI=1S/C17H30O/c1-9-13(16(3,4)5)11-15(18)12-14(10-2)17(6,7)8/h11-12H,9-10H2,1-8H3. The minimum Gasteiger partial charge on any atom is -0.290 e. The summed E-state index contributed by atoms with van der Waals surface area (Å²) in [5.41, 5.74) is 2.58. The molecular weight excluding hydrogens is 220 g/mol. The zero-order valence-electron chi connectivity index (χ0n) is 13.5. The highest BCUT2D eigenvalue weighted by molar-refractivity contribution is 6.00. The van der Waals surface area contributed by atoms with E-state index >= 15 is 0 Å². The van der Waals surface area contributed by atoms with Gasteiger partial charge in [0.1, 0.15) is 0 Å². The fourth-order valence-corrected chi connectivity index (χ4v) is 2.08. The van der Waals surface area contributed by atoms with Gasteiger partial charge in [-0.15, -0.1) is 0 Å². The van der Waals surface area contributed by atoms with E-state index < -0.39 is 0 Å². The SMILES string of the molecule is CCC(=CC(=O)C=C(CC)C(C)(C)C)C(C)(C)C. The first-order valence-corrected chi connectivity index (χ1v) is 6.98. The summed E-state index contributed by atoms with van der Waals surface area (Å²) in [5, 5.41) is 0. The van der Waals surface area contributed by atoms with Crippen LogP contribution in [0.25, 0.3) is 0 Å². The molecule has 0 unspecified atom stereocenters. The molecule has 18 heavy (non-hydrogen) atoms. The van der Waals surface area contributed by atoms with Gasteiger partial charge in [0, 0.05) is 0 Å². The van der Waals surface area contributed by atoms with Gasteiger partial charge in [-0.3, -0.25) is 4.79 Å². The van der Waals surface area contributed by atoms with Crippen LogP contribution < -0.4 is 0 Å². The fraction of sp³-hybridized carbons (Fsp3) is 0.706. The monoisotopic (exact) mass is 250 g/mol. The van der Waals surface area contributed by atoms with Crippen molar-refractivity contribution in [1.29, 1.82) is 0 Å². The van der Waals surface area contributed by atoms with Gasteiger partial charge in [-0.1, -0.05) is 66.5 Å². The van der Waals surface area contributed by atoms with Crippen molar-refractivity contribution >= 4 is 5.78 Å². The van der Waals surface area contributed by atoms with E-state index in [1.54, 1.807) is 0 Å². The molecule has 0 aliphatic heterocycles. The van der Waals surface area contributed by atoms with Gasteiger partial charge in [0.2, 0.25) is 0 Å². The molecule has 0 aromatic heterocycles. The lowest BCUT2D eigenvalue weighted by Crippen LogP contribution is -2.12. The van der Waals surface area contributed by atoms with Crippen LogP contribution in [0.3, 0.4) is 0 Å². The van der Waals surface area contributed by atoms with E-state index in [1.807, 2.05) is 12.2 Å². The predicted octanol–water partition coefficient (Wildman–Crippen LogP) is 5.32. The van der Waals surface area contributed by atoms with Crippen molar-refractivity contribution in [2.75, 3.05) is 0 Å². The van der Waals surface area contributed by atoms with Crippen molar-refractivity contribution in [2.24, 2.45) is 10.8 Å². The molecule has 0 spiro atoms. The molecule has 1 nitrogen and oxygen atoms in total. The molecular formula is C17H30O. The van der Waals surface area contributed by atoms with E-state index in [1.165, 1.54) is 11.1 Å². The second kappa shape index (κ2) is 6.36. The first-order valence-electron chi connectivity index (χ1n) is 6.98. The number of carbonyl (C=O) groups is 1. The van der Waals surface area contributed by atoms with E-state index in [4.69, 9.17) is 0 Å². The van der Waals surface area contributed by atoms with Crippen molar-refractivity contribution in [2.45, 2.75) is 68.2 Å². The molecule has 0 aliphatic carbocycles. The third-order valence-electron chi connectivity index (χ3n) is 3.32. The normalized spacial score (nSPS) is 14.9. The Hall–Kier alpha value is -0.850. The molecule has 0 aromatic carbocycles. The maximum atomic E-state index is 12.1. The number of rotatable bonds is 4. The van der Waals surface area contributed by atoms with E-state index in [0.717, 1.165) is 12.8 Å². The van der Waals surface area contributed by atoms with Crippen LogP contribution in [0.4, 0.5) is 0 Å². The smallest absolute Gasteiger partial charge is 0.178 e. The second-order valence-electron chi connectivity index (χ2n) is 6.95. The van der Waals surface area contributed by atoms with Gasteiger partial charge < -0.3 is 0 Å². The lowest BCUT2D eigenvalue weighted by atomic mass is 9.82. The van der Waals surface area contributed by atoms with E-state index in [-0.39, 0.29) is 16.6 Å². The summed E-state index contributed by atoms with van der Waals surface area (Å²) < 4.78 is 0. The molecule has 0 radical (unpaired) electrons. The van der Waals surface area contributed by atoms with Gasteiger partial charge in [-0.25, -0.2) is 0 Å². The average Bonchev–Trinajstić information content (AvgIpc) is 2.19. The molecule has 0 aliphatic rings. The number of hydrogen-bond acceptors (Lipinski definition) is 1. The van der Waals surface area contributed by atoms with Gasteiger partial charge >= 0.3 is 0 Å². The zero-order chi connectivity index (χ0) is 14.6. The highest BCUT2D eigenvalue weighted by Gasteiger charge is 2.18. The summed E-state index contributed by atoms with van der Waals surface area (Å²) in [6.07, 6.45) is 5.50. The van der Waals surface area contributed by atoms with E-state index in [0.29, 0.717) is 0 Å². The minimum atomic E-state index is 0.0758. The van der Waals surface area contributed by atoms with Gasteiger partial charge in [0.25, 0.3) is 0 Å². The molecule has 0 aromatic rings. The summed E-state index contributed by atoms with van der Waals surface area (Å²) >= 11 is 0. The second-order valence-corrected chi connectivity index (χ2v) is 6.95. The Labute approximate surface area is 113 Å². The van der Waals surface area contributed by atoms with Crippen LogP contribution in [0.15, 0.2) is 23.3 Å². The lowest BCUT2D eigenvalue weighted by molar-refractivity contribution is -0.110. The molecule has 0 saturated carbocycles. The van der Waals surface area contributed by atoms with Gasteiger partial charge in [0.15, 0.2) is 5.78 Å². The quantitative estimate of drug-likeness (QED) is 0.617. The molecule has 0 N–H and O–H groups in total. The van der Waals surface area contributed by atoms with Crippen molar-refractivity contribution < 1.29 is 4.79 Å². The van der Waals surface area contributed by atoms with Crippen molar-refractivity contribution in [1.82, 2.24) is 0 Å². The third kappa shape index (κ3) is 5.66. The van der Waals surface area contributed by atoms with Crippen LogP contribution in [0.1, 0.15) is 68.2 Å². The Bertz CT molecular complexity index is 309. The maximum Gasteiger partial charge on any atom is 0.178 e. The Morgan fingerprint density at radius 2 is 1.06 bits per heavy atom. The first-order chi connectivity index (χ1) is 8.02. The molecule has 0 heterocycles. The Morgan fingerprint density at radius 3 is 1.22 bits per heavy atom. The maximum absolute atomic E-state index is 12.1. The lowest BCUT2D eigenvalue weighted by Gasteiger charge is -2.23. The Balaban J connectivity index is 5.20. The Morgan fingerprint density at radius 1 is 0.778 bits per heavy atom. The number of carbonyl (C=O) groups excluding carboxylic acids is 1. The summed E-state index contributed by atoms with van der Waals surface area (Å²) in [6.45, 7) is 17.2. The predicted molar refractivity (Wildman–Crippen MR) is 80.7 cm³/mol. The average molecular weight is 250 g/mol. The Kier molecular flexibility index (Phi) is 6.06. The van der Waals surface area contributed by atoms with Crippen molar-refractivity contribution in [3.05, 3.63) is 23.3 Å². The molecule has 0 bridgehead atoms. The van der Waals surface area contributed by atoms with E-state index in [2.05, 4.69) is 55.4 Å². The number of hydrogen-bond donors (Lipinski definition) is 0. The largest absolute Gasteiger partial charge is 0.290 e. The number of ketones is 1. The highest BCUT2D eigenvalue weighted by Crippen LogP contribution is 2.29. The molecule has 0 rings (SSSR count). The van der Waals surface area contributed by atoms with Crippen LogP contribution in [-0.2, 0) is 4.79 Å². The molecule has 0 fully saturated rings. The van der Waals surface area contributed by atoms with Crippen molar-refractivity contribution in [3.63, 3.8) is 0 Å². The highest BCUT2D eigenvalue weighted by atomic mass is 16.1. The summed E-state index contributed by atoms with van der Waals surface area (Å²) in [5.74, 6) is 0.133. The molecule has 104 valence electrons. The van der Waals surface area contributed by atoms with Crippen LogP contribution in [0.5, 0.6) is 0 Å². The van der Waals surface area contributed by atoms with Crippen molar-refractivity contribution in [3.8, 4) is 0 Å². The summed E-state index contributed by atoms with van der Waals surface area (Å²) in [6, 6.07) is 0. The molecule has 1 heteroatoms. The van der Waals surface area contributed by atoms with Crippen LogP contribution in [0.2, 0.25) is 0 Å². The molecule has 0 atom stereocenters. The van der Waals surface area contributed by atoms with Gasteiger partial charge in [-0.05, 0) is 35.8 Å². The third-order valence-corrected chi connectivity index (χ3v) is 3.32. The first kappa shape index (κ1) is 17.2. The van der Waals surface area contributed by atoms with Gasteiger partial charge in [0.05, 0.1) is 0 Å². The fourth-order valence-electron chi connectivity index (χ4n) is 2.08. The van der Waals surface area contributed by atoms with Crippen LogP contribution >= 0.6 is 0 Å². The summed E-state index contributed by atoms with van der Waals surface area (Å²) in [7, 11) is 0. The molecule has 0 amide bonds. The zero-order valence-corrected chi connectivity index (χ0v) is 13.5. The van der Waals surface area contributed by atoms with Gasteiger partial charge in [-0.2, -0.15) is 0 Å². The molecule has 0 saturated heterocycles. The topological polar surface area (TPSA) is 17.1 Å². The van der Waals surface area contributed by atoms with E-state index in [9.17, 15) is 4.79 Å². The summed E-state index contributed by atoms with van der Waals surface area (Å²) in [4.78, 5) is 12.1. The van der Waals surface area contributed by atoms with Crippen LogP contribution in [-0.4, -0.2) is 5.78 Å². The van der Waals surface area contributed by atoms with Crippen LogP contribution in [0, 0.1) is 10.8 Å².